The minimum absolute atomic E-state index is 0.118. The smallest absolute Gasteiger partial charge is 0.255 e. The largest absolute Gasteiger partial charge is 0.322 e. The summed E-state index contributed by atoms with van der Waals surface area (Å²) in [6.45, 7) is 2.00. The molecule has 0 aliphatic carbocycles. The number of hydrogen-bond donors (Lipinski definition) is 1. The maximum atomic E-state index is 12.0. The predicted molar refractivity (Wildman–Crippen MR) is 81.0 cm³/mol. The maximum Gasteiger partial charge on any atom is 0.255 e. The molecule has 2 rings (SSSR count). The van der Waals surface area contributed by atoms with Crippen molar-refractivity contribution >= 4 is 43.5 Å². The lowest BCUT2D eigenvalue weighted by Gasteiger charge is -2.07. The molecule has 0 unspecified atom stereocenters. The molecule has 0 aromatic heterocycles. The van der Waals surface area contributed by atoms with Crippen molar-refractivity contribution in [1.29, 1.82) is 0 Å². The molecular formula is C14H11Br2NO. The fourth-order valence-electron chi connectivity index (χ4n) is 1.50. The molecule has 2 aromatic rings. The molecule has 2 nitrogen and oxygen atoms in total. The molecule has 0 heterocycles. The molecule has 0 aliphatic heterocycles. The zero-order valence-electron chi connectivity index (χ0n) is 9.71. The van der Waals surface area contributed by atoms with Gasteiger partial charge in [-0.05, 0) is 42.8 Å². The first-order valence-corrected chi connectivity index (χ1v) is 6.98. The van der Waals surface area contributed by atoms with Crippen molar-refractivity contribution in [2.45, 2.75) is 6.92 Å². The zero-order valence-corrected chi connectivity index (χ0v) is 12.9. The van der Waals surface area contributed by atoms with Crippen LogP contribution in [0.5, 0.6) is 0 Å². The topological polar surface area (TPSA) is 29.1 Å². The van der Waals surface area contributed by atoms with E-state index in [1.807, 2.05) is 37.3 Å². The summed E-state index contributed by atoms with van der Waals surface area (Å²) in [5.41, 5.74) is 2.54. The van der Waals surface area contributed by atoms with Gasteiger partial charge in [0, 0.05) is 20.2 Å². The highest BCUT2D eigenvalue weighted by Crippen LogP contribution is 2.21. The number of carbonyl (C=O) groups excluding carboxylic acids is 1. The molecule has 92 valence electrons. The molecule has 1 amide bonds. The summed E-state index contributed by atoms with van der Waals surface area (Å²) in [5.74, 6) is -0.118. The average Bonchev–Trinajstić information content (AvgIpc) is 2.34. The third-order valence-electron chi connectivity index (χ3n) is 2.52. The van der Waals surface area contributed by atoms with Crippen LogP contribution in [0, 0.1) is 6.92 Å². The van der Waals surface area contributed by atoms with Gasteiger partial charge >= 0.3 is 0 Å². The van der Waals surface area contributed by atoms with E-state index in [4.69, 9.17) is 0 Å². The standard InChI is InChI=1S/C14H11Br2NO/c1-9-5-6-12(8-13(9)16)17-14(18)10-3-2-4-11(15)7-10/h2-8H,1H3,(H,17,18). The Morgan fingerprint density at radius 3 is 2.56 bits per heavy atom. The second kappa shape index (κ2) is 5.67. The highest BCUT2D eigenvalue weighted by atomic mass is 79.9. The Hall–Kier alpha value is -1.13. The highest BCUT2D eigenvalue weighted by molar-refractivity contribution is 9.10. The lowest BCUT2D eigenvalue weighted by molar-refractivity contribution is 0.102. The lowest BCUT2D eigenvalue weighted by Crippen LogP contribution is -2.11. The van der Waals surface area contributed by atoms with Gasteiger partial charge in [0.1, 0.15) is 0 Å². The maximum absolute atomic E-state index is 12.0. The first-order chi connectivity index (χ1) is 8.56. The van der Waals surface area contributed by atoms with Crippen LogP contribution in [0.2, 0.25) is 0 Å². The van der Waals surface area contributed by atoms with Gasteiger partial charge in [0.15, 0.2) is 0 Å². The monoisotopic (exact) mass is 367 g/mol. The van der Waals surface area contributed by atoms with Gasteiger partial charge < -0.3 is 5.32 Å². The van der Waals surface area contributed by atoms with Crippen LogP contribution in [0.3, 0.4) is 0 Å². The fourth-order valence-corrected chi connectivity index (χ4v) is 2.28. The number of carbonyl (C=O) groups is 1. The van der Waals surface area contributed by atoms with Gasteiger partial charge in [-0.2, -0.15) is 0 Å². The van der Waals surface area contributed by atoms with E-state index in [0.29, 0.717) is 5.56 Å². The van der Waals surface area contributed by atoms with Crippen LogP contribution < -0.4 is 5.32 Å². The van der Waals surface area contributed by atoms with E-state index in [-0.39, 0.29) is 5.91 Å². The summed E-state index contributed by atoms with van der Waals surface area (Å²) in [5, 5.41) is 2.86. The van der Waals surface area contributed by atoms with E-state index in [9.17, 15) is 4.79 Å². The minimum atomic E-state index is -0.118. The number of benzene rings is 2. The van der Waals surface area contributed by atoms with Crippen LogP contribution in [0.25, 0.3) is 0 Å². The van der Waals surface area contributed by atoms with Crippen LogP contribution in [-0.2, 0) is 0 Å². The molecule has 4 heteroatoms. The third-order valence-corrected chi connectivity index (χ3v) is 3.86. The predicted octanol–water partition coefficient (Wildman–Crippen LogP) is 4.77. The SMILES string of the molecule is Cc1ccc(NC(=O)c2cccc(Br)c2)cc1Br. The Kier molecular flexibility index (Phi) is 4.19. The number of amides is 1. The van der Waals surface area contributed by atoms with E-state index in [1.165, 1.54) is 0 Å². The van der Waals surface area contributed by atoms with Crippen LogP contribution in [0.1, 0.15) is 15.9 Å². The summed E-state index contributed by atoms with van der Waals surface area (Å²) >= 11 is 6.79. The Balaban J connectivity index is 2.18. The second-order valence-corrected chi connectivity index (χ2v) is 5.70. The number of anilines is 1. The van der Waals surface area contributed by atoms with Gasteiger partial charge in [-0.25, -0.2) is 0 Å². The molecule has 0 fully saturated rings. The number of aryl methyl sites for hydroxylation is 1. The third kappa shape index (κ3) is 3.21. The number of hydrogen-bond acceptors (Lipinski definition) is 1. The van der Waals surface area contributed by atoms with Gasteiger partial charge in [-0.1, -0.05) is 44.0 Å². The Bertz CT molecular complexity index is 596. The fraction of sp³-hybridized carbons (Fsp3) is 0.0714. The molecule has 0 spiro atoms. The van der Waals surface area contributed by atoms with Gasteiger partial charge in [0.05, 0.1) is 0 Å². The van der Waals surface area contributed by atoms with E-state index >= 15 is 0 Å². The van der Waals surface area contributed by atoms with E-state index in [0.717, 1.165) is 20.2 Å². The summed E-state index contributed by atoms with van der Waals surface area (Å²) < 4.78 is 1.87. The molecule has 1 N–H and O–H groups in total. The zero-order chi connectivity index (χ0) is 13.1. The lowest BCUT2D eigenvalue weighted by atomic mass is 10.2. The summed E-state index contributed by atoms with van der Waals surface area (Å²) in [6.07, 6.45) is 0. The molecule has 0 bridgehead atoms. The summed E-state index contributed by atoms with van der Waals surface area (Å²) in [4.78, 5) is 12.0. The number of nitrogens with one attached hydrogen (secondary N) is 1. The van der Waals surface area contributed by atoms with E-state index in [1.54, 1.807) is 12.1 Å². The quantitative estimate of drug-likeness (QED) is 0.812. The second-order valence-electron chi connectivity index (χ2n) is 3.93. The molecule has 0 radical (unpaired) electrons. The first-order valence-electron chi connectivity index (χ1n) is 5.39. The van der Waals surface area contributed by atoms with Crippen LogP contribution in [-0.4, -0.2) is 5.91 Å². The molecule has 2 aromatic carbocycles. The molecule has 0 saturated heterocycles. The van der Waals surface area contributed by atoms with Gasteiger partial charge in [0.2, 0.25) is 0 Å². The van der Waals surface area contributed by atoms with Crippen molar-refractivity contribution in [2.24, 2.45) is 0 Å². The minimum Gasteiger partial charge on any atom is -0.322 e. The van der Waals surface area contributed by atoms with Crippen molar-refractivity contribution < 1.29 is 4.79 Å². The molecule has 0 aliphatic rings. The summed E-state index contributed by atoms with van der Waals surface area (Å²) in [6, 6.07) is 13.0. The first kappa shape index (κ1) is 13.3. The Morgan fingerprint density at radius 2 is 1.89 bits per heavy atom. The van der Waals surface area contributed by atoms with Gasteiger partial charge in [-0.15, -0.1) is 0 Å². The summed E-state index contributed by atoms with van der Waals surface area (Å²) in [7, 11) is 0. The van der Waals surface area contributed by atoms with Crippen LogP contribution in [0.15, 0.2) is 51.4 Å². The van der Waals surface area contributed by atoms with Crippen molar-refractivity contribution in [3.8, 4) is 0 Å². The van der Waals surface area contributed by atoms with Crippen LogP contribution in [0.4, 0.5) is 5.69 Å². The van der Waals surface area contributed by atoms with Crippen molar-refractivity contribution in [2.75, 3.05) is 5.32 Å². The molecule has 0 atom stereocenters. The van der Waals surface area contributed by atoms with Crippen LogP contribution >= 0.6 is 31.9 Å². The van der Waals surface area contributed by atoms with E-state index in [2.05, 4.69) is 37.2 Å². The molecule has 0 saturated carbocycles. The molecular weight excluding hydrogens is 358 g/mol. The number of halogens is 2. The van der Waals surface area contributed by atoms with E-state index < -0.39 is 0 Å². The number of rotatable bonds is 2. The average molecular weight is 369 g/mol. The molecule has 18 heavy (non-hydrogen) atoms. The van der Waals surface area contributed by atoms with Crippen molar-refractivity contribution in [3.05, 3.63) is 62.5 Å². The normalized spacial score (nSPS) is 10.2. The van der Waals surface area contributed by atoms with Gasteiger partial charge in [-0.3, -0.25) is 4.79 Å². The Labute approximate surface area is 123 Å². The Morgan fingerprint density at radius 1 is 1.11 bits per heavy atom. The van der Waals surface area contributed by atoms with Gasteiger partial charge in [0.25, 0.3) is 5.91 Å². The van der Waals surface area contributed by atoms with Crippen molar-refractivity contribution in [1.82, 2.24) is 0 Å². The van der Waals surface area contributed by atoms with Crippen molar-refractivity contribution in [3.63, 3.8) is 0 Å². The highest BCUT2D eigenvalue weighted by Gasteiger charge is 2.06.